The maximum Gasteiger partial charge on any atom is 0.238 e. The van der Waals surface area contributed by atoms with Crippen molar-refractivity contribution in [2.45, 2.75) is 18.7 Å². The van der Waals surface area contributed by atoms with Crippen molar-refractivity contribution in [1.82, 2.24) is 0 Å². The number of halogens is 1. The van der Waals surface area contributed by atoms with E-state index in [0.29, 0.717) is 5.02 Å². The molecule has 0 heterocycles. The standard InChI is InChI=1S/C8H10ClNO2S/c1-5-3-7(13(10,11)12)4-8(9)6(5)2/h3-4H,1-2H3,(H2,10,11,12). The lowest BCUT2D eigenvalue weighted by Gasteiger charge is -2.05. The van der Waals surface area contributed by atoms with Gasteiger partial charge in [-0.15, -0.1) is 0 Å². The van der Waals surface area contributed by atoms with Crippen molar-refractivity contribution < 1.29 is 8.42 Å². The fourth-order valence-corrected chi connectivity index (χ4v) is 1.90. The number of primary sulfonamides is 1. The Bertz CT molecular complexity index is 416. The molecule has 0 atom stereocenters. The Morgan fingerprint density at radius 2 is 1.85 bits per heavy atom. The summed E-state index contributed by atoms with van der Waals surface area (Å²) in [6, 6.07) is 2.87. The minimum atomic E-state index is -3.65. The summed E-state index contributed by atoms with van der Waals surface area (Å²) < 4.78 is 21.9. The Balaban J connectivity index is 3.47. The maximum absolute atomic E-state index is 11.0. The number of sulfonamides is 1. The van der Waals surface area contributed by atoms with Crippen LogP contribution in [-0.2, 0) is 10.0 Å². The van der Waals surface area contributed by atoms with Crippen LogP contribution in [0.4, 0.5) is 0 Å². The molecular weight excluding hydrogens is 210 g/mol. The highest BCUT2D eigenvalue weighted by atomic mass is 35.5. The second kappa shape index (κ2) is 3.29. The first-order valence-corrected chi connectivity index (χ1v) is 5.54. The average Bonchev–Trinajstić information content (AvgIpc) is 1.97. The molecule has 1 rings (SSSR count). The van der Waals surface area contributed by atoms with E-state index in [9.17, 15) is 8.42 Å². The van der Waals surface area contributed by atoms with E-state index in [4.69, 9.17) is 16.7 Å². The average molecular weight is 220 g/mol. The summed E-state index contributed by atoms with van der Waals surface area (Å²) in [5.74, 6) is 0. The van der Waals surface area contributed by atoms with Gasteiger partial charge in [0.15, 0.2) is 0 Å². The van der Waals surface area contributed by atoms with E-state index in [2.05, 4.69) is 0 Å². The lowest BCUT2D eigenvalue weighted by Crippen LogP contribution is -2.12. The lowest BCUT2D eigenvalue weighted by atomic mass is 10.1. The SMILES string of the molecule is Cc1cc(S(N)(=O)=O)cc(Cl)c1C. The molecule has 2 N–H and O–H groups in total. The molecule has 0 amide bonds. The largest absolute Gasteiger partial charge is 0.238 e. The zero-order valence-corrected chi connectivity index (χ0v) is 8.91. The molecule has 1 aromatic rings. The van der Waals surface area contributed by atoms with Gasteiger partial charge in [0, 0.05) is 5.02 Å². The van der Waals surface area contributed by atoms with Gasteiger partial charge in [-0.05, 0) is 37.1 Å². The smallest absolute Gasteiger partial charge is 0.225 e. The third-order valence-corrected chi connectivity index (χ3v) is 3.19. The molecule has 5 heteroatoms. The molecule has 0 aliphatic rings. The van der Waals surface area contributed by atoms with E-state index in [0.717, 1.165) is 11.1 Å². The Hall–Kier alpha value is -0.580. The molecule has 13 heavy (non-hydrogen) atoms. The van der Waals surface area contributed by atoms with Gasteiger partial charge in [0.2, 0.25) is 10.0 Å². The molecular formula is C8H10ClNO2S. The van der Waals surface area contributed by atoms with E-state index in [1.807, 2.05) is 6.92 Å². The van der Waals surface area contributed by atoms with Gasteiger partial charge >= 0.3 is 0 Å². The second-order valence-corrected chi connectivity index (χ2v) is 4.86. The predicted octanol–water partition coefficient (Wildman–Crippen LogP) is 1.60. The second-order valence-electron chi connectivity index (χ2n) is 2.89. The number of hydrogen-bond donors (Lipinski definition) is 1. The number of hydrogen-bond acceptors (Lipinski definition) is 2. The van der Waals surface area contributed by atoms with Crippen LogP contribution in [0.5, 0.6) is 0 Å². The molecule has 3 nitrogen and oxygen atoms in total. The molecule has 72 valence electrons. The fraction of sp³-hybridized carbons (Fsp3) is 0.250. The van der Waals surface area contributed by atoms with Crippen molar-refractivity contribution in [1.29, 1.82) is 0 Å². The van der Waals surface area contributed by atoms with E-state index in [1.165, 1.54) is 12.1 Å². The van der Waals surface area contributed by atoms with Gasteiger partial charge in [0.1, 0.15) is 0 Å². The number of aryl methyl sites for hydroxylation is 1. The molecule has 0 aliphatic carbocycles. The first kappa shape index (κ1) is 10.5. The van der Waals surface area contributed by atoms with Crippen LogP contribution in [0.25, 0.3) is 0 Å². The van der Waals surface area contributed by atoms with E-state index in [-0.39, 0.29) is 4.90 Å². The molecule has 0 radical (unpaired) electrons. The normalized spacial score (nSPS) is 11.7. The Kier molecular flexibility index (Phi) is 2.66. The van der Waals surface area contributed by atoms with Crippen molar-refractivity contribution in [3.8, 4) is 0 Å². The van der Waals surface area contributed by atoms with Crippen molar-refractivity contribution in [2.75, 3.05) is 0 Å². The van der Waals surface area contributed by atoms with Gasteiger partial charge in [-0.1, -0.05) is 11.6 Å². The highest BCUT2D eigenvalue weighted by Gasteiger charge is 2.10. The summed E-state index contributed by atoms with van der Waals surface area (Å²) in [5, 5.41) is 5.38. The first-order chi connectivity index (χ1) is 5.82. The fourth-order valence-electron chi connectivity index (χ4n) is 0.949. The molecule has 0 aromatic heterocycles. The summed E-state index contributed by atoms with van der Waals surface area (Å²) in [7, 11) is -3.65. The first-order valence-electron chi connectivity index (χ1n) is 3.62. The molecule has 0 unspecified atom stereocenters. The van der Waals surface area contributed by atoms with Crippen molar-refractivity contribution in [3.05, 3.63) is 28.3 Å². The molecule has 1 aromatic carbocycles. The van der Waals surface area contributed by atoms with Gasteiger partial charge < -0.3 is 0 Å². The third-order valence-electron chi connectivity index (χ3n) is 1.91. The van der Waals surface area contributed by atoms with Crippen LogP contribution in [0.2, 0.25) is 5.02 Å². The van der Waals surface area contributed by atoms with Gasteiger partial charge in [-0.3, -0.25) is 0 Å². The van der Waals surface area contributed by atoms with Crippen molar-refractivity contribution in [3.63, 3.8) is 0 Å². The number of benzene rings is 1. The molecule has 0 saturated heterocycles. The topological polar surface area (TPSA) is 60.2 Å². The van der Waals surface area contributed by atoms with Gasteiger partial charge in [-0.25, -0.2) is 13.6 Å². The Morgan fingerprint density at radius 1 is 1.31 bits per heavy atom. The van der Waals surface area contributed by atoms with E-state index < -0.39 is 10.0 Å². The van der Waals surface area contributed by atoms with E-state index in [1.54, 1.807) is 6.92 Å². The molecule has 0 fully saturated rings. The Labute approximate surface area is 82.6 Å². The van der Waals surface area contributed by atoms with Crippen LogP contribution in [0, 0.1) is 13.8 Å². The van der Waals surface area contributed by atoms with E-state index >= 15 is 0 Å². The summed E-state index contributed by atoms with van der Waals surface area (Å²) >= 11 is 5.81. The summed E-state index contributed by atoms with van der Waals surface area (Å²) in [5.41, 5.74) is 1.69. The van der Waals surface area contributed by atoms with Gasteiger partial charge in [0.05, 0.1) is 4.90 Å². The lowest BCUT2D eigenvalue weighted by molar-refractivity contribution is 0.597. The molecule has 0 saturated carbocycles. The van der Waals surface area contributed by atoms with Crippen LogP contribution in [0.1, 0.15) is 11.1 Å². The summed E-state index contributed by atoms with van der Waals surface area (Å²) in [6.45, 7) is 3.61. The Morgan fingerprint density at radius 3 is 2.23 bits per heavy atom. The monoisotopic (exact) mass is 219 g/mol. The van der Waals surface area contributed by atoms with Crippen LogP contribution in [0.3, 0.4) is 0 Å². The van der Waals surface area contributed by atoms with Crippen molar-refractivity contribution >= 4 is 21.6 Å². The van der Waals surface area contributed by atoms with Crippen LogP contribution in [0.15, 0.2) is 17.0 Å². The quantitative estimate of drug-likeness (QED) is 0.780. The highest BCUT2D eigenvalue weighted by molar-refractivity contribution is 7.89. The van der Waals surface area contributed by atoms with Crippen LogP contribution < -0.4 is 5.14 Å². The molecule has 0 bridgehead atoms. The van der Waals surface area contributed by atoms with Gasteiger partial charge in [-0.2, -0.15) is 0 Å². The summed E-state index contributed by atoms with van der Waals surface area (Å²) in [6.07, 6.45) is 0. The minimum Gasteiger partial charge on any atom is -0.225 e. The summed E-state index contributed by atoms with van der Waals surface area (Å²) in [4.78, 5) is 0.0561. The maximum atomic E-state index is 11.0. The molecule has 0 aliphatic heterocycles. The zero-order valence-electron chi connectivity index (χ0n) is 7.33. The number of rotatable bonds is 1. The highest BCUT2D eigenvalue weighted by Crippen LogP contribution is 2.22. The predicted molar refractivity (Wildman–Crippen MR) is 52.3 cm³/mol. The number of nitrogens with two attached hydrogens (primary N) is 1. The van der Waals surface area contributed by atoms with Crippen LogP contribution >= 0.6 is 11.6 Å². The zero-order chi connectivity index (χ0) is 10.2. The molecule has 0 spiro atoms. The third kappa shape index (κ3) is 2.21. The van der Waals surface area contributed by atoms with Crippen LogP contribution in [-0.4, -0.2) is 8.42 Å². The van der Waals surface area contributed by atoms with Gasteiger partial charge in [0.25, 0.3) is 0 Å². The minimum absolute atomic E-state index is 0.0561. The van der Waals surface area contributed by atoms with Crippen molar-refractivity contribution in [2.24, 2.45) is 5.14 Å².